The van der Waals surface area contributed by atoms with E-state index in [9.17, 15) is 4.79 Å². The zero-order chi connectivity index (χ0) is 12.3. The third kappa shape index (κ3) is 7.32. The standard InChI is InChI=1S/C12H19N3O2/c13-12(16)15-7-6-14-8-9-17-10-11-4-2-1-3-5-11/h1-5,14H,6-10H2,(H3,13,15,16). The topological polar surface area (TPSA) is 76.4 Å². The molecule has 0 fully saturated rings. The summed E-state index contributed by atoms with van der Waals surface area (Å²) in [6.07, 6.45) is 0. The van der Waals surface area contributed by atoms with Crippen LogP contribution in [0, 0.1) is 0 Å². The highest BCUT2D eigenvalue weighted by molar-refractivity contribution is 5.71. The minimum Gasteiger partial charge on any atom is -0.375 e. The molecule has 0 atom stereocenters. The Balaban J connectivity index is 1.90. The monoisotopic (exact) mass is 237 g/mol. The third-order valence-electron chi connectivity index (χ3n) is 2.14. The summed E-state index contributed by atoms with van der Waals surface area (Å²) in [7, 11) is 0. The highest BCUT2D eigenvalue weighted by atomic mass is 16.5. The van der Waals surface area contributed by atoms with Gasteiger partial charge in [0.15, 0.2) is 0 Å². The lowest BCUT2D eigenvalue weighted by molar-refractivity contribution is 0.123. The number of amides is 2. The summed E-state index contributed by atoms with van der Waals surface area (Å²) in [4.78, 5) is 10.4. The Labute approximate surface area is 101 Å². The van der Waals surface area contributed by atoms with Crippen molar-refractivity contribution in [3.8, 4) is 0 Å². The summed E-state index contributed by atoms with van der Waals surface area (Å²) in [6, 6.07) is 9.54. The summed E-state index contributed by atoms with van der Waals surface area (Å²) < 4.78 is 5.47. The molecule has 1 rings (SSSR count). The van der Waals surface area contributed by atoms with Crippen LogP contribution < -0.4 is 16.4 Å². The van der Waals surface area contributed by atoms with Crippen LogP contribution in [0.4, 0.5) is 4.79 Å². The molecular formula is C12H19N3O2. The van der Waals surface area contributed by atoms with Crippen molar-refractivity contribution < 1.29 is 9.53 Å². The van der Waals surface area contributed by atoms with Crippen LogP contribution in [0.25, 0.3) is 0 Å². The van der Waals surface area contributed by atoms with Gasteiger partial charge in [0, 0.05) is 19.6 Å². The molecule has 0 spiro atoms. The van der Waals surface area contributed by atoms with Crippen molar-refractivity contribution in [2.45, 2.75) is 6.61 Å². The number of carbonyl (C=O) groups excluding carboxylic acids is 1. The van der Waals surface area contributed by atoms with Crippen molar-refractivity contribution in [1.29, 1.82) is 0 Å². The zero-order valence-corrected chi connectivity index (χ0v) is 9.82. The fourth-order valence-electron chi connectivity index (χ4n) is 1.31. The third-order valence-corrected chi connectivity index (χ3v) is 2.14. The zero-order valence-electron chi connectivity index (χ0n) is 9.82. The van der Waals surface area contributed by atoms with Gasteiger partial charge in [-0.3, -0.25) is 0 Å². The number of nitrogens with two attached hydrogens (primary N) is 1. The van der Waals surface area contributed by atoms with Crippen LogP contribution in [0.15, 0.2) is 30.3 Å². The molecule has 2 amide bonds. The van der Waals surface area contributed by atoms with Crippen LogP contribution in [-0.2, 0) is 11.3 Å². The maximum atomic E-state index is 10.4. The van der Waals surface area contributed by atoms with E-state index >= 15 is 0 Å². The van der Waals surface area contributed by atoms with E-state index in [-0.39, 0.29) is 0 Å². The maximum Gasteiger partial charge on any atom is 0.312 e. The maximum absolute atomic E-state index is 10.4. The molecule has 0 bridgehead atoms. The Morgan fingerprint density at radius 2 is 1.94 bits per heavy atom. The molecule has 5 heteroatoms. The molecule has 4 N–H and O–H groups in total. The summed E-state index contributed by atoms with van der Waals surface area (Å²) in [6.45, 7) is 3.26. The van der Waals surface area contributed by atoms with Crippen molar-refractivity contribution in [1.82, 2.24) is 10.6 Å². The van der Waals surface area contributed by atoms with Crippen LogP contribution in [0.2, 0.25) is 0 Å². The van der Waals surface area contributed by atoms with Crippen molar-refractivity contribution in [3.05, 3.63) is 35.9 Å². The summed E-state index contributed by atoms with van der Waals surface area (Å²) in [5, 5.41) is 5.63. The fraction of sp³-hybridized carbons (Fsp3) is 0.417. The van der Waals surface area contributed by atoms with Gasteiger partial charge >= 0.3 is 6.03 Å². The van der Waals surface area contributed by atoms with E-state index in [0.717, 1.165) is 6.54 Å². The normalized spacial score (nSPS) is 10.1. The van der Waals surface area contributed by atoms with Crippen LogP contribution >= 0.6 is 0 Å². The van der Waals surface area contributed by atoms with Gasteiger partial charge in [-0.25, -0.2) is 4.79 Å². The molecule has 0 saturated heterocycles. The van der Waals surface area contributed by atoms with Crippen LogP contribution in [0.3, 0.4) is 0 Å². The Morgan fingerprint density at radius 1 is 1.18 bits per heavy atom. The minimum absolute atomic E-state index is 0.493. The van der Waals surface area contributed by atoms with Gasteiger partial charge in [0.2, 0.25) is 0 Å². The van der Waals surface area contributed by atoms with Gasteiger partial charge in [-0.15, -0.1) is 0 Å². The van der Waals surface area contributed by atoms with E-state index in [2.05, 4.69) is 10.6 Å². The van der Waals surface area contributed by atoms with Crippen LogP contribution in [0.1, 0.15) is 5.56 Å². The number of nitrogens with one attached hydrogen (secondary N) is 2. The molecule has 0 saturated carbocycles. The predicted octanol–water partition coefficient (Wildman–Crippen LogP) is 0.461. The first-order valence-corrected chi connectivity index (χ1v) is 5.65. The number of hydrogen-bond donors (Lipinski definition) is 3. The fourth-order valence-corrected chi connectivity index (χ4v) is 1.31. The number of carbonyl (C=O) groups is 1. The molecular weight excluding hydrogens is 218 g/mol. The van der Waals surface area contributed by atoms with Gasteiger partial charge in [-0.05, 0) is 5.56 Å². The quantitative estimate of drug-likeness (QED) is 0.575. The number of benzene rings is 1. The van der Waals surface area contributed by atoms with Crippen molar-refractivity contribution in [2.75, 3.05) is 26.2 Å². The Morgan fingerprint density at radius 3 is 2.65 bits per heavy atom. The number of urea groups is 1. The summed E-state index contributed by atoms with van der Waals surface area (Å²) in [5.74, 6) is 0. The average Bonchev–Trinajstić information content (AvgIpc) is 2.33. The van der Waals surface area contributed by atoms with E-state index < -0.39 is 6.03 Å². The SMILES string of the molecule is NC(=O)NCCNCCOCc1ccccc1. The first-order chi connectivity index (χ1) is 8.29. The predicted molar refractivity (Wildman–Crippen MR) is 66.6 cm³/mol. The van der Waals surface area contributed by atoms with Gasteiger partial charge < -0.3 is 21.1 Å². The molecule has 0 unspecified atom stereocenters. The second-order valence-electron chi connectivity index (χ2n) is 3.58. The highest BCUT2D eigenvalue weighted by Gasteiger charge is 1.93. The molecule has 0 radical (unpaired) electrons. The number of primary amides is 1. The summed E-state index contributed by atoms with van der Waals surface area (Å²) >= 11 is 0. The van der Waals surface area contributed by atoms with Crippen molar-refractivity contribution >= 4 is 6.03 Å². The molecule has 1 aromatic carbocycles. The van der Waals surface area contributed by atoms with Gasteiger partial charge in [-0.1, -0.05) is 30.3 Å². The van der Waals surface area contributed by atoms with Crippen LogP contribution in [-0.4, -0.2) is 32.3 Å². The van der Waals surface area contributed by atoms with Gasteiger partial charge in [0.25, 0.3) is 0 Å². The lowest BCUT2D eigenvalue weighted by atomic mass is 10.2. The van der Waals surface area contributed by atoms with Crippen molar-refractivity contribution in [3.63, 3.8) is 0 Å². The molecule has 0 aliphatic rings. The smallest absolute Gasteiger partial charge is 0.312 e. The molecule has 0 aromatic heterocycles. The minimum atomic E-state index is -0.493. The Bertz CT molecular complexity index is 317. The highest BCUT2D eigenvalue weighted by Crippen LogP contribution is 1.99. The Hall–Kier alpha value is -1.59. The van der Waals surface area contributed by atoms with Crippen molar-refractivity contribution in [2.24, 2.45) is 5.73 Å². The van der Waals surface area contributed by atoms with E-state index in [4.69, 9.17) is 10.5 Å². The molecule has 0 aliphatic heterocycles. The summed E-state index contributed by atoms with van der Waals surface area (Å²) in [5.41, 5.74) is 6.09. The number of rotatable bonds is 8. The first kappa shape index (κ1) is 13.5. The van der Waals surface area contributed by atoms with Gasteiger partial charge in [0.05, 0.1) is 13.2 Å². The number of hydrogen-bond acceptors (Lipinski definition) is 3. The van der Waals surface area contributed by atoms with Gasteiger partial charge in [0.1, 0.15) is 0 Å². The lowest BCUT2D eigenvalue weighted by Gasteiger charge is -2.06. The van der Waals surface area contributed by atoms with E-state index in [1.165, 1.54) is 5.56 Å². The largest absolute Gasteiger partial charge is 0.375 e. The molecule has 5 nitrogen and oxygen atoms in total. The molecule has 94 valence electrons. The van der Waals surface area contributed by atoms with Gasteiger partial charge in [-0.2, -0.15) is 0 Å². The molecule has 0 heterocycles. The van der Waals surface area contributed by atoms with E-state index in [0.29, 0.717) is 26.3 Å². The first-order valence-electron chi connectivity index (χ1n) is 5.65. The van der Waals surface area contributed by atoms with Crippen LogP contribution in [0.5, 0.6) is 0 Å². The van der Waals surface area contributed by atoms with E-state index in [1.54, 1.807) is 0 Å². The Kier molecular flexibility index (Phi) is 6.78. The lowest BCUT2D eigenvalue weighted by Crippen LogP contribution is -2.36. The molecule has 1 aromatic rings. The molecule has 0 aliphatic carbocycles. The second-order valence-corrected chi connectivity index (χ2v) is 3.58. The number of ether oxygens (including phenoxy) is 1. The average molecular weight is 237 g/mol. The molecule has 17 heavy (non-hydrogen) atoms. The van der Waals surface area contributed by atoms with E-state index in [1.807, 2.05) is 30.3 Å². The second kappa shape index (κ2) is 8.55.